The van der Waals surface area contributed by atoms with Crippen LogP contribution >= 0.6 is 10.7 Å². The fourth-order valence-corrected chi connectivity index (χ4v) is 2.59. The van der Waals surface area contributed by atoms with Crippen LogP contribution in [-0.4, -0.2) is 20.4 Å². The molecule has 0 unspecified atom stereocenters. The summed E-state index contributed by atoms with van der Waals surface area (Å²) in [6.07, 6.45) is 5.29. The second kappa shape index (κ2) is 5.30. The van der Waals surface area contributed by atoms with Crippen LogP contribution < -0.4 is 5.32 Å². The van der Waals surface area contributed by atoms with Crippen molar-refractivity contribution in [2.24, 2.45) is 0 Å². The van der Waals surface area contributed by atoms with Gasteiger partial charge in [0.2, 0.25) is 0 Å². The second-order valence-electron chi connectivity index (χ2n) is 4.19. The maximum Gasteiger partial charge on any atom is 0.261 e. The lowest BCUT2D eigenvalue weighted by atomic mass is 10.1. The average Bonchev–Trinajstić information content (AvgIpc) is 2.80. The van der Waals surface area contributed by atoms with E-state index in [0.717, 1.165) is 18.2 Å². The summed E-state index contributed by atoms with van der Waals surface area (Å²) in [7, 11) is 1.10. The Morgan fingerprint density at radius 3 is 2.47 bits per heavy atom. The summed E-state index contributed by atoms with van der Waals surface area (Å²) in [4.78, 5) is 11.5. The smallest absolute Gasteiger partial charge is 0.261 e. The van der Waals surface area contributed by atoms with Gasteiger partial charge >= 0.3 is 0 Å². The highest BCUT2D eigenvalue weighted by Crippen LogP contribution is 2.19. The maximum absolute atomic E-state index is 13.7. The molecule has 0 atom stereocenters. The zero-order valence-corrected chi connectivity index (χ0v) is 11.3. The zero-order valence-electron chi connectivity index (χ0n) is 9.77. The van der Waals surface area contributed by atoms with Crippen LogP contribution in [0.4, 0.5) is 4.39 Å². The number of hydrogen-bond donors (Lipinski definition) is 1. The summed E-state index contributed by atoms with van der Waals surface area (Å²) >= 11 is 0. The van der Waals surface area contributed by atoms with E-state index in [-0.39, 0.29) is 16.5 Å². The molecule has 0 fully saturated rings. The molecule has 1 aliphatic carbocycles. The molecule has 7 heteroatoms. The molecule has 0 spiro atoms. The van der Waals surface area contributed by atoms with Gasteiger partial charge in [0.25, 0.3) is 15.0 Å². The quantitative estimate of drug-likeness (QED) is 0.688. The molecule has 1 amide bonds. The molecule has 0 saturated heterocycles. The number of carbonyl (C=O) groups excluding carboxylic acids is 1. The van der Waals surface area contributed by atoms with Gasteiger partial charge in [-0.1, -0.05) is 12.2 Å². The number of nitrogens with one attached hydrogen (secondary N) is 1. The van der Waals surface area contributed by atoms with Gasteiger partial charge in [-0.3, -0.25) is 4.79 Å². The molecule has 0 radical (unpaired) electrons. The number of carbonyl (C=O) groups is 1. The Morgan fingerprint density at radius 2 is 1.95 bits per heavy atom. The second-order valence-corrected chi connectivity index (χ2v) is 6.76. The van der Waals surface area contributed by atoms with E-state index >= 15 is 0 Å². The third kappa shape index (κ3) is 3.33. The maximum atomic E-state index is 13.7. The van der Waals surface area contributed by atoms with Crippen molar-refractivity contribution in [2.75, 3.05) is 0 Å². The van der Waals surface area contributed by atoms with Crippen LogP contribution in [0.1, 0.15) is 23.2 Å². The van der Waals surface area contributed by atoms with Gasteiger partial charge in [0.1, 0.15) is 5.82 Å². The molecule has 4 nitrogen and oxygen atoms in total. The Hall–Kier alpha value is -1.40. The fourth-order valence-electron chi connectivity index (χ4n) is 1.83. The number of halogens is 2. The highest BCUT2D eigenvalue weighted by molar-refractivity contribution is 8.13. The summed E-state index contributed by atoms with van der Waals surface area (Å²) in [5.74, 6) is -1.48. The molecule has 0 bridgehead atoms. The van der Waals surface area contributed by atoms with Crippen molar-refractivity contribution in [2.45, 2.75) is 23.8 Å². The summed E-state index contributed by atoms with van der Waals surface area (Å²) in [6, 6.07) is 2.92. The number of hydrogen-bond acceptors (Lipinski definition) is 3. The third-order valence-corrected chi connectivity index (χ3v) is 4.16. The molecule has 2 rings (SSSR count). The van der Waals surface area contributed by atoms with E-state index in [1.54, 1.807) is 0 Å². The van der Waals surface area contributed by atoms with Gasteiger partial charge in [-0.2, -0.15) is 0 Å². The largest absolute Gasteiger partial charge is 0.349 e. The molecule has 1 aromatic rings. The molecule has 0 aliphatic heterocycles. The molecule has 0 saturated carbocycles. The summed E-state index contributed by atoms with van der Waals surface area (Å²) in [5.41, 5.74) is -0.198. The van der Waals surface area contributed by atoms with Crippen molar-refractivity contribution in [1.82, 2.24) is 5.32 Å². The van der Waals surface area contributed by atoms with Crippen LogP contribution in [-0.2, 0) is 9.05 Å². The van der Waals surface area contributed by atoms with Crippen LogP contribution in [0, 0.1) is 5.82 Å². The van der Waals surface area contributed by atoms with Gasteiger partial charge in [0, 0.05) is 16.7 Å². The van der Waals surface area contributed by atoms with Crippen molar-refractivity contribution in [3.05, 3.63) is 41.7 Å². The SMILES string of the molecule is O=C(NC1CC=CC1)c1ccc(S(=O)(=O)Cl)cc1F. The molecule has 0 heterocycles. The van der Waals surface area contributed by atoms with Gasteiger partial charge in [-0.25, -0.2) is 12.8 Å². The third-order valence-electron chi connectivity index (χ3n) is 2.81. The molecule has 1 aliphatic rings. The normalized spacial score (nSPS) is 15.7. The van der Waals surface area contributed by atoms with Gasteiger partial charge in [-0.05, 0) is 31.0 Å². The van der Waals surface area contributed by atoms with E-state index in [4.69, 9.17) is 10.7 Å². The Bertz CT molecular complexity index is 634. The first kappa shape index (κ1) is 14.0. The van der Waals surface area contributed by atoms with E-state index in [9.17, 15) is 17.6 Å². The minimum atomic E-state index is -4.00. The Morgan fingerprint density at radius 1 is 1.32 bits per heavy atom. The first-order valence-electron chi connectivity index (χ1n) is 5.58. The van der Waals surface area contributed by atoms with Gasteiger partial charge in [-0.15, -0.1) is 0 Å². The Kier molecular flexibility index (Phi) is 3.91. The predicted molar refractivity (Wildman–Crippen MR) is 69.1 cm³/mol. The average molecular weight is 304 g/mol. The van der Waals surface area contributed by atoms with E-state index in [2.05, 4.69) is 5.32 Å². The fraction of sp³-hybridized carbons (Fsp3) is 0.250. The van der Waals surface area contributed by atoms with Crippen LogP contribution in [0.5, 0.6) is 0 Å². The van der Waals surface area contributed by atoms with E-state index in [1.165, 1.54) is 0 Å². The van der Waals surface area contributed by atoms with Crippen molar-refractivity contribution in [3.8, 4) is 0 Å². The lowest BCUT2D eigenvalue weighted by molar-refractivity contribution is 0.0934. The molecule has 1 aromatic carbocycles. The molecular weight excluding hydrogens is 293 g/mol. The van der Waals surface area contributed by atoms with Gasteiger partial charge < -0.3 is 5.32 Å². The van der Waals surface area contributed by atoms with Gasteiger partial charge in [0.05, 0.1) is 10.5 Å². The van der Waals surface area contributed by atoms with Crippen LogP contribution in [0.2, 0.25) is 0 Å². The van der Waals surface area contributed by atoms with Crippen LogP contribution in [0.3, 0.4) is 0 Å². The lowest BCUT2D eigenvalue weighted by Gasteiger charge is -2.12. The Labute approximate surface area is 114 Å². The van der Waals surface area contributed by atoms with E-state index in [1.807, 2.05) is 12.2 Å². The molecule has 102 valence electrons. The van der Waals surface area contributed by atoms with Crippen molar-refractivity contribution in [1.29, 1.82) is 0 Å². The highest BCUT2D eigenvalue weighted by Gasteiger charge is 2.19. The monoisotopic (exact) mass is 303 g/mol. The number of benzene rings is 1. The van der Waals surface area contributed by atoms with Crippen molar-refractivity contribution in [3.63, 3.8) is 0 Å². The molecule has 0 aromatic heterocycles. The number of amides is 1. The van der Waals surface area contributed by atoms with Crippen LogP contribution in [0.25, 0.3) is 0 Å². The van der Waals surface area contributed by atoms with E-state index in [0.29, 0.717) is 12.8 Å². The summed E-state index contributed by atoms with van der Waals surface area (Å²) in [6.45, 7) is 0. The molecule has 19 heavy (non-hydrogen) atoms. The molecular formula is C12H11ClFNO3S. The number of rotatable bonds is 3. The standard InChI is InChI=1S/C12H11ClFNO3S/c13-19(17,18)9-5-6-10(11(14)7-9)12(16)15-8-3-1-2-4-8/h1-2,5-8H,3-4H2,(H,15,16). The Balaban J connectivity index is 2.18. The lowest BCUT2D eigenvalue weighted by Crippen LogP contribution is -2.33. The van der Waals surface area contributed by atoms with Crippen molar-refractivity contribution >= 4 is 25.6 Å². The molecule has 1 N–H and O–H groups in total. The van der Waals surface area contributed by atoms with Crippen LogP contribution in [0.15, 0.2) is 35.2 Å². The minimum absolute atomic E-state index is 0.0386. The van der Waals surface area contributed by atoms with E-state index < -0.39 is 20.8 Å². The first-order chi connectivity index (χ1) is 8.88. The van der Waals surface area contributed by atoms with Gasteiger partial charge in [0.15, 0.2) is 0 Å². The zero-order chi connectivity index (χ0) is 14.0. The predicted octanol–water partition coefficient (Wildman–Crippen LogP) is 2.20. The highest BCUT2D eigenvalue weighted by atomic mass is 35.7. The van der Waals surface area contributed by atoms with Crippen molar-refractivity contribution < 1.29 is 17.6 Å². The first-order valence-corrected chi connectivity index (χ1v) is 7.89. The topological polar surface area (TPSA) is 63.2 Å². The minimum Gasteiger partial charge on any atom is -0.349 e. The summed E-state index contributed by atoms with van der Waals surface area (Å²) < 4.78 is 35.8. The summed E-state index contributed by atoms with van der Waals surface area (Å²) in [5, 5.41) is 2.67.